The van der Waals surface area contributed by atoms with E-state index in [0.29, 0.717) is 0 Å². The molecule has 0 amide bonds. The van der Waals surface area contributed by atoms with Crippen LogP contribution in [0.4, 0.5) is 0 Å². The second-order valence-electron chi connectivity index (χ2n) is 5.54. The first-order valence-electron chi connectivity index (χ1n) is 7.51. The zero-order chi connectivity index (χ0) is 15.2. The number of benzene rings is 2. The van der Waals surface area contributed by atoms with Gasteiger partial charge in [0, 0.05) is 34.6 Å². The van der Waals surface area contributed by atoms with Gasteiger partial charge in [-0.3, -0.25) is 9.97 Å². The van der Waals surface area contributed by atoms with Gasteiger partial charge in [-0.1, -0.05) is 42.5 Å². The summed E-state index contributed by atoms with van der Waals surface area (Å²) in [5.74, 6) is 0. The van der Waals surface area contributed by atoms with E-state index in [0.717, 1.165) is 44.1 Å². The minimum Gasteiger partial charge on any atom is -0.456 e. The van der Waals surface area contributed by atoms with Crippen molar-refractivity contribution in [2.75, 3.05) is 0 Å². The van der Waals surface area contributed by atoms with E-state index in [1.54, 1.807) is 0 Å². The summed E-state index contributed by atoms with van der Waals surface area (Å²) in [4.78, 5) is 9.16. The Hall–Kier alpha value is -3.20. The van der Waals surface area contributed by atoms with Gasteiger partial charge >= 0.3 is 0 Å². The first-order valence-corrected chi connectivity index (χ1v) is 7.51. The average Bonchev–Trinajstić information content (AvgIpc) is 2.99. The molecule has 0 saturated heterocycles. The third-order valence-corrected chi connectivity index (χ3v) is 4.18. The van der Waals surface area contributed by atoms with Crippen LogP contribution in [0.2, 0.25) is 0 Å². The van der Waals surface area contributed by atoms with Crippen LogP contribution in [0, 0.1) is 0 Å². The first kappa shape index (κ1) is 12.4. The van der Waals surface area contributed by atoms with Gasteiger partial charge in [0.15, 0.2) is 0 Å². The molecule has 0 aliphatic carbocycles. The van der Waals surface area contributed by atoms with Crippen LogP contribution in [0.5, 0.6) is 0 Å². The van der Waals surface area contributed by atoms with Crippen LogP contribution in [0.3, 0.4) is 0 Å². The lowest BCUT2D eigenvalue weighted by atomic mass is 10.1. The summed E-state index contributed by atoms with van der Waals surface area (Å²) >= 11 is 0. The molecule has 5 aromatic rings. The number of furan rings is 1. The van der Waals surface area contributed by atoms with Crippen molar-refractivity contribution >= 4 is 32.7 Å². The molecule has 3 aromatic heterocycles. The Kier molecular flexibility index (Phi) is 2.50. The van der Waals surface area contributed by atoms with Crippen molar-refractivity contribution in [2.24, 2.45) is 0 Å². The number of para-hydroxylation sites is 1. The van der Waals surface area contributed by atoms with Crippen LogP contribution in [0.1, 0.15) is 0 Å². The van der Waals surface area contributed by atoms with Gasteiger partial charge < -0.3 is 4.42 Å². The normalized spacial score (nSPS) is 11.5. The van der Waals surface area contributed by atoms with Crippen molar-refractivity contribution in [2.45, 2.75) is 0 Å². The second-order valence-corrected chi connectivity index (χ2v) is 5.54. The van der Waals surface area contributed by atoms with Gasteiger partial charge in [0.1, 0.15) is 11.2 Å². The van der Waals surface area contributed by atoms with Crippen LogP contribution in [-0.2, 0) is 0 Å². The molecule has 0 aliphatic rings. The molecule has 0 radical (unpaired) electrons. The third-order valence-electron chi connectivity index (χ3n) is 4.18. The maximum atomic E-state index is 5.96. The molecule has 3 heteroatoms. The van der Waals surface area contributed by atoms with Crippen LogP contribution >= 0.6 is 0 Å². The molecule has 0 unspecified atom stereocenters. The van der Waals surface area contributed by atoms with Crippen LogP contribution in [0.25, 0.3) is 44.1 Å². The topological polar surface area (TPSA) is 38.9 Å². The zero-order valence-corrected chi connectivity index (χ0v) is 12.2. The van der Waals surface area contributed by atoms with Gasteiger partial charge in [-0.2, -0.15) is 0 Å². The molecule has 108 valence electrons. The number of hydrogen-bond acceptors (Lipinski definition) is 3. The SMILES string of the molecule is c1ccc2c(-c3cc4oc5ccccc5c4cn3)nccc2c1. The molecule has 3 heterocycles. The molecule has 0 bridgehead atoms. The molecular formula is C20H12N2O. The Balaban J connectivity index is 1.81. The van der Waals surface area contributed by atoms with Gasteiger partial charge in [0.25, 0.3) is 0 Å². The van der Waals surface area contributed by atoms with Gasteiger partial charge in [-0.15, -0.1) is 0 Å². The lowest BCUT2D eigenvalue weighted by Crippen LogP contribution is -1.88. The summed E-state index contributed by atoms with van der Waals surface area (Å²) in [5.41, 5.74) is 3.43. The van der Waals surface area contributed by atoms with E-state index >= 15 is 0 Å². The average molecular weight is 296 g/mol. The second kappa shape index (κ2) is 4.65. The highest BCUT2D eigenvalue weighted by Crippen LogP contribution is 2.31. The third kappa shape index (κ3) is 1.83. The smallest absolute Gasteiger partial charge is 0.139 e. The highest BCUT2D eigenvalue weighted by molar-refractivity contribution is 6.05. The van der Waals surface area contributed by atoms with Crippen molar-refractivity contribution in [3.05, 3.63) is 73.1 Å². The summed E-state index contributed by atoms with van der Waals surface area (Å²) in [6, 6.07) is 20.2. The predicted octanol–water partition coefficient (Wildman–Crippen LogP) is 5.20. The quantitative estimate of drug-likeness (QED) is 0.427. The molecule has 5 rings (SSSR count). The van der Waals surface area contributed by atoms with E-state index in [-0.39, 0.29) is 0 Å². The molecule has 2 aromatic carbocycles. The highest BCUT2D eigenvalue weighted by Gasteiger charge is 2.11. The minimum absolute atomic E-state index is 0.827. The lowest BCUT2D eigenvalue weighted by Gasteiger charge is -2.04. The lowest BCUT2D eigenvalue weighted by molar-refractivity contribution is 0.668. The largest absolute Gasteiger partial charge is 0.456 e. The zero-order valence-electron chi connectivity index (χ0n) is 12.2. The summed E-state index contributed by atoms with van der Waals surface area (Å²) in [6.45, 7) is 0. The van der Waals surface area contributed by atoms with Crippen molar-refractivity contribution in [1.29, 1.82) is 0 Å². The number of fused-ring (bicyclic) bond motifs is 4. The van der Waals surface area contributed by atoms with Crippen LogP contribution in [0.15, 0.2) is 77.5 Å². The molecular weight excluding hydrogens is 284 g/mol. The predicted molar refractivity (Wildman–Crippen MR) is 92.3 cm³/mol. The van der Waals surface area contributed by atoms with E-state index in [9.17, 15) is 0 Å². The molecule has 0 saturated carbocycles. The van der Waals surface area contributed by atoms with Crippen LogP contribution < -0.4 is 0 Å². The summed E-state index contributed by atoms with van der Waals surface area (Å²) in [5, 5.41) is 4.37. The Morgan fingerprint density at radius 2 is 1.52 bits per heavy atom. The number of nitrogens with zero attached hydrogens (tertiary/aromatic N) is 2. The molecule has 23 heavy (non-hydrogen) atoms. The molecule has 0 N–H and O–H groups in total. The molecule has 0 spiro atoms. The number of aromatic nitrogens is 2. The molecule has 0 fully saturated rings. The van der Waals surface area contributed by atoms with E-state index in [4.69, 9.17) is 4.42 Å². The van der Waals surface area contributed by atoms with Gasteiger partial charge in [-0.05, 0) is 17.5 Å². The summed E-state index contributed by atoms with van der Waals surface area (Å²) in [6.07, 6.45) is 3.70. The number of pyridine rings is 2. The monoisotopic (exact) mass is 296 g/mol. The van der Waals surface area contributed by atoms with Crippen molar-refractivity contribution in [3.8, 4) is 11.4 Å². The van der Waals surface area contributed by atoms with Gasteiger partial charge in [0.05, 0.1) is 11.4 Å². The molecule has 3 nitrogen and oxygen atoms in total. The van der Waals surface area contributed by atoms with Crippen molar-refractivity contribution < 1.29 is 4.42 Å². The van der Waals surface area contributed by atoms with E-state index in [2.05, 4.69) is 28.2 Å². The Labute approximate surface area is 132 Å². The minimum atomic E-state index is 0.827. The van der Waals surface area contributed by atoms with Crippen molar-refractivity contribution in [3.63, 3.8) is 0 Å². The number of rotatable bonds is 1. The highest BCUT2D eigenvalue weighted by atomic mass is 16.3. The molecule has 0 aliphatic heterocycles. The Morgan fingerprint density at radius 1 is 0.696 bits per heavy atom. The maximum absolute atomic E-state index is 5.96. The standard InChI is InChI=1S/C20H12N2O/c1-2-6-14-13(5-1)9-10-21-20(14)17-11-19-16(12-22-17)15-7-3-4-8-18(15)23-19/h1-12H. The summed E-state index contributed by atoms with van der Waals surface area (Å²) in [7, 11) is 0. The van der Waals surface area contributed by atoms with Crippen LogP contribution in [-0.4, -0.2) is 9.97 Å². The Bertz CT molecular complexity index is 1170. The van der Waals surface area contributed by atoms with E-state index in [1.807, 2.05) is 54.9 Å². The van der Waals surface area contributed by atoms with E-state index in [1.165, 1.54) is 0 Å². The fourth-order valence-corrected chi connectivity index (χ4v) is 3.07. The van der Waals surface area contributed by atoms with Gasteiger partial charge in [0.2, 0.25) is 0 Å². The summed E-state index contributed by atoms with van der Waals surface area (Å²) < 4.78 is 5.96. The maximum Gasteiger partial charge on any atom is 0.139 e. The number of hydrogen-bond donors (Lipinski definition) is 0. The van der Waals surface area contributed by atoms with E-state index < -0.39 is 0 Å². The molecule has 0 atom stereocenters. The fraction of sp³-hybridized carbons (Fsp3) is 0. The van der Waals surface area contributed by atoms with Crippen molar-refractivity contribution in [1.82, 2.24) is 9.97 Å². The Morgan fingerprint density at radius 3 is 2.48 bits per heavy atom. The first-order chi connectivity index (χ1) is 11.4. The fourth-order valence-electron chi connectivity index (χ4n) is 3.07. The van der Waals surface area contributed by atoms with Gasteiger partial charge in [-0.25, -0.2) is 0 Å².